The molecule has 2 heterocycles. The molecule has 2 unspecified atom stereocenters. The van der Waals surface area contributed by atoms with E-state index in [0.29, 0.717) is 5.56 Å². The van der Waals surface area contributed by atoms with Gasteiger partial charge in [0.1, 0.15) is 12.4 Å². The third-order valence-corrected chi connectivity index (χ3v) is 4.98. The molecule has 1 aromatic heterocycles. The van der Waals surface area contributed by atoms with Gasteiger partial charge in [-0.25, -0.2) is 4.98 Å². The van der Waals surface area contributed by atoms with Gasteiger partial charge >= 0.3 is 6.18 Å². The number of morpholine rings is 1. The Balaban J connectivity index is 1.60. The molecule has 1 fully saturated rings. The Labute approximate surface area is 174 Å². The average molecular weight is 424 g/mol. The number of ether oxygens (including phenoxy) is 1. The summed E-state index contributed by atoms with van der Waals surface area (Å²) in [5.74, 6) is -0.0768. The molecular weight excluding hydrogens is 397 g/mol. The van der Waals surface area contributed by atoms with Crippen molar-refractivity contribution in [3.63, 3.8) is 0 Å². The molecule has 0 radical (unpaired) electrons. The van der Waals surface area contributed by atoms with Gasteiger partial charge < -0.3 is 14.2 Å². The van der Waals surface area contributed by atoms with Gasteiger partial charge in [0.2, 0.25) is 0 Å². The van der Waals surface area contributed by atoms with Crippen molar-refractivity contribution < 1.29 is 22.7 Å². The second-order valence-corrected chi connectivity index (χ2v) is 7.90. The van der Waals surface area contributed by atoms with Crippen LogP contribution in [0.5, 0.6) is 0 Å². The van der Waals surface area contributed by atoms with Crippen molar-refractivity contribution in [2.24, 2.45) is 0 Å². The Hall–Kier alpha value is -2.39. The average Bonchev–Trinajstić information content (AvgIpc) is 3.05. The second kappa shape index (κ2) is 9.18. The van der Waals surface area contributed by atoms with Crippen molar-refractivity contribution in [1.29, 1.82) is 0 Å². The van der Waals surface area contributed by atoms with Crippen molar-refractivity contribution in [2.45, 2.75) is 51.9 Å². The Kier molecular flexibility index (Phi) is 6.82. The number of hydrogen-bond acceptors (Lipinski definition) is 4. The van der Waals surface area contributed by atoms with Crippen LogP contribution in [0.1, 0.15) is 35.6 Å². The van der Waals surface area contributed by atoms with Crippen molar-refractivity contribution in [1.82, 2.24) is 19.4 Å². The summed E-state index contributed by atoms with van der Waals surface area (Å²) < 4.78 is 44.8. The molecule has 2 aromatic rings. The molecule has 0 spiro atoms. The number of rotatable bonds is 6. The van der Waals surface area contributed by atoms with Gasteiger partial charge in [0.15, 0.2) is 0 Å². The zero-order chi connectivity index (χ0) is 21.9. The lowest BCUT2D eigenvalue weighted by atomic mass is 10.1. The molecule has 1 aliphatic heterocycles. The summed E-state index contributed by atoms with van der Waals surface area (Å²) in [4.78, 5) is 20.3. The normalized spacial score (nSPS) is 20.3. The number of aromatic nitrogens is 2. The second-order valence-electron chi connectivity index (χ2n) is 7.90. The third-order valence-electron chi connectivity index (χ3n) is 4.98. The maximum atomic E-state index is 12.7. The van der Waals surface area contributed by atoms with Crippen LogP contribution in [0.2, 0.25) is 0 Å². The van der Waals surface area contributed by atoms with Gasteiger partial charge in [0.05, 0.1) is 18.8 Å². The number of carbonyl (C=O) groups excluding carboxylic acids is 1. The van der Waals surface area contributed by atoms with Crippen molar-refractivity contribution in [2.75, 3.05) is 20.1 Å². The van der Waals surface area contributed by atoms with Crippen LogP contribution in [0.3, 0.4) is 0 Å². The van der Waals surface area contributed by atoms with Crippen molar-refractivity contribution >= 4 is 5.91 Å². The zero-order valence-electron chi connectivity index (χ0n) is 17.4. The van der Waals surface area contributed by atoms with Gasteiger partial charge in [0.25, 0.3) is 5.91 Å². The lowest BCUT2D eigenvalue weighted by Crippen LogP contribution is -2.44. The Bertz CT molecular complexity index is 841. The van der Waals surface area contributed by atoms with E-state index in [9.17, 15) is 18.0 Å². The molecule has 1 amide bonds. The standard InChI is InChI=1S/C21H27F3N4O2/c1-15-10-27(11-16(2)30-15)12-17-4-6-18(7-5-17)20(29)26(3)13-19-25-8-9-28(19)14-21(22,23)24/h4-9,15-16H,10-14H2,1-3H3. The molecule has 6 nitrogen and oxygen atoms in total. The Morgan fingerprint density at radius 3 is 2.43 bits per heavy atom. The fraction of sp³-hybridized carbons (Fsp3) is 0.524. The van der Waals surface area contributed by atoms with Crippen LogP contribution in [0.15, 0.2) is 36.7 Å². The first-order valence-electron chi connectivity index (χ1n) is 9.89. The van der Waals surface area contributed by atoms with Gasteiger partial charge in [-0.2, -0.15) is 13.2 Å². The lowest BCUT2D eigenvalue weighted by molar-refractivity contribution is -0.141. The van der Waals surface area contributed by atoms with E-state index in [4.69, 9.17) is 4.74 Å². The van der Waals surface area contributed by atoms with E-state index in [2.05, 4.69) is 23.7 Å². The SMILES string of the molecule is CC1CN(Cc2ccc(C(=O)N(C)Cc3nccn3CC(F)(F)F)cc2)CC(C)O1. The first kappa shape index (κ1) is 22.3. The van der Waals surface area contributed by atoms with Gasteiger partial charge in [-0.15, -0.1) is 0 Å². The molecule has 0 bridgehead atoms. The highest BCUT2D eigenvalue weighted by Crippen LogP contribution is 2.19. The predicted molar refractivity (Wildman–Crippen MR) is 106 cm³/mol. The third kappa shape index (κ3) is 6.06. The van der Waals surface area contributed by atoms with E-state index in [1.54, 1.807) is 19.2 Å². The van der Waals surface area contributed by atoms with E-state index in [-0.39, 0.29) is 30.5 Å². The molecular formula is C21H27F3N4O2. The topological polar surface area (TPSA) is 50.6 Å². The van der Waals surface area contributed by atoms with Gasteiger partial charge in [-0.1, -0.05) is 12.1 Å². The highest BCUT2D eigenvalue weighted by atomic mass is 19.4. The molecule has 0 N–H and O–H groups in total. The number of benzene rings is 1. The highest BCUT2D eigenvalue weighted by molar-refractivity contribution is 5.94. The minimum atomic E-state index is -4.34. The first-order chi connectivity index (χ1) is 14.1. The molecule has 9 heteroatoms. The zero-order valence-corrected chi connectivity index (χ0v) is 17.4. The van der Waals surface area contributed by atoms with E-state index in [0.717, 1.165) is 29.8 Å². The highest BCUT2D eigenvalue weighted by Gasteiger charge is 2.29. The summed E-state index contributed by atoms with van der Waals surface area (Å²) in [6, 6.07) is 7.33. The fourth-order valence-electron chi connectivity index (χ4n) is 3.76. The Morgan fingerprint density at radius 1 is 1.20 bits per heavy atom. The number of hydrogen-bond donors (Lipinski definition) is 0. The monoisotopic (exact) mass is 424 g/mol. The molecule has 30 heavy (non-hydrogen) atoms. The van der Waals surface area contributed by atoms with E-state index >= 15 is 0 Å². The van der Waals surface area contributed by atoms with Gasteiger partial charge in [-0.3, -0.25) is 9.69 Å². The van der Waals surface area contributed by atoms with Crippen LogP contribution < -0.4 is 0 Å². The number of amides is 1. The maximum absolute atomic E-state index is 12.7. The van der Waals surface area contributed by atoms with Gasteiger partial charge in [-0.05, 0) is 31.5 Å². The minimum absolute atomic E-state index is 0.00673. The quantitative estimate of drug-likeness (QED) is 0.714. The molecule has 164 valence electrons. The summed E-state index contributed by atoms with van der Waals surface area (Å²) in [6.45, 7) is 5.47. The van der Waals surface area contributed by atoms with Crippen LogP contribution in [0, 0.1) is 0 Å². The lowest BCUT2D eigenvalue weighted by Gasteiger charge is -2.35. The first-order valence-corrected chi connectivity index (χ1v) is 9.89. The number of alkyl halides is 3. The van der Waals surface area contributed by atoms with Crippen molar-refractivity contribution in [3.05, 3.63) is 53.6 Å². The minimum Gasteiger partial charge on any atom is -0.373 e. The Morgan fingerprint density at radius 2 is 1.83 bits per heavy atom. The summed E-state index contributed by atoms with van der Waals surface area (Å²) in [6.07, 6.45) is -1.39. The van der Waals surface area contributed by atoms with Crippen LogP contribution in [-0.4, -0.2) is 63.8 Å². The number of carbonyl (C=O) groups is 1. The summed E-state index contributed by atoms with van der Waals surface area (Å²) in [5, 5.41) is 0. The molecule has 3 rings (SSSR count). The molecule has 0 saturated carbocycles. The van der Waals surface area contributed by atoms with Gasteiger partial charge in [0, 0.05) is 44.6 Å². The van der Waals surface area contributed by atoms with Crippen LogP contribution in [-0.2, 0) is 24.4 Å². The molecule has 2 atom stereocenters. The molecule has 1 saturated heterocycles. The largest absolute Gasteiger partial charge is 0.406 e. The summed E-state index contributed by atoms with van der Waals surface area (Å²) in [7, 11) is 1.55. The smallest absolute Gasteiger partial charge is 0.373 e. The maximum Gasteiger partial charge on any atom is 0.406 e. The van der Waals surface area contributed by atoms with Crippen LogP contribution in [0.25, 0.3) is 0 Å². The summed E-state index contributed by atoms with van der Waals surface area (Å²) >= 11 is 0. The fourth-order valence-corrected chi connectivity index (χ4v) is 3.76. The van der Waals surface area contributed by atoms with Crippen LogP contribution >= 0.6 is 0 Å². The molecule has 0 aliphatic carbocycles. The van der Waals surface area contributed by atoms with E-state index in [1.165, 1.54) is 17.3 Å². The molecule has 1 aromatic carbocycles. The van der Waals surface area contributed by atoms with E-state index in [1.807, 2.05) is 12.1 Å². The number of halogens is 3. The number of imidazole rings is 1. The molecule has 1 aliphatic rings. The number of nitrogens with zero attached hydrogens (tertiary/aromatic N) is 4. The predicted octanol–water partition coefficient (Wildman–Crippen LogP) is 3.33. The van der Waals surface area contributed by atoms with E-state index < -0.39 is 12.7 Å². The summed E-state index contributed by atoms with van der Waals surface area (Å²) in [5.41, 5.74) is 1.58. The van der Waals surface area contributed by atoms with Crippen molar-refractivity contribution in [3.8, 4) is 0 Å². The van der Waals surface area contributed by atoms with Crippen LogP contribution in [0.4, 0.5) is 13.2 Å².